The van der Waals surface area contributed by atoms with E-state index in [0.29, 0.717) is 31.6 Å². The third-order valence-corrected chi connectivity index (χ3v) is 6.41. The number of amides is 1. The second-order valence-electron chi connectivity index (χ2n) is 8.31. The van der Waals surface area contributed by atoms with Crippen LogP contribution in [0.2, 0.25) is 0 Å². The first-order valence-corrected chi connectivity index (χ1v) is 12.2. The zero-order valence-corrected chi connectivity index (χ0v) is 20.0. The van der Waals surface area contributed by atoms with Crippen LogP contribution in [0.5, 0.6) is 0 Å². The Kier molecular flexibility index (Phi) is 8.08. The van der Waals surface area contributed by atoms with Crippen molar-refractivity contribution in [3.8, 4) is 0 Å². The van der Waals surface area contributed by atoms with Gasteiger partial charge in [-0.1, -0.05) is 0 Å². The van der Waals surface area contributed by atoms with E-state index >= 15 is 0 Å². The van der Waals surface area contributed by atoms with E-state index in [-0.39, 0.29) is 11.9 Å². The fourth-order valence-corrected chi connectivity index (χ4v) is 4.48. The molecule has 4 rings (SSSR count). The van der Waals surface area contributed by atoms with Gasteiger partial charge in [-0.2, -0.15) is 5.10 Å². The second-order valence-corrected chi connectivity index (χ2v) is 9.26. The number of aliphatic imine (C=N–C) groups is 2. The van der Waals surface area contributed by atoms with Gasteiger partial charge in [0.2, 0.25) is 11.9 Å². The molecule has 3 N–H and O–H groups in total. The predicted octanol–water partition coefficient (Wildman–Crippen LogP) is 2.40. The van der Waals surface area contributed by atoms with E-state index in [0.717, 1.165) is 55.5 Å². The Balaban J connectivity index is 1.36. The van der Waals surface area contributed by atoms with Gasteiger partial charge in [-0.3, -0.25) is 14.8 Å². The van der Waals surface area contributed by atoms with Crippen LogP contribution >= 0.6 is 11.3 Å². The van der Waals surface area contributed by atoms with Gasteiger partial charge in [-0.25, -0.2) is 9.98 Å². The molecule has 0 aliphatic carbocycles. The van der Waals surface area contributed by atoms with Crippen LogP contribution in [0.3, 0.4) is 0 Å². The number of likely N-dealkylation sites (tertiary alicyclic amines) is 1. The summed E-state index contributed by atoms with van der Waals surface area (Å²) in [5, 5.41) is 16.6. The lowest BCUT2D eigenvalue weighted by Crippen LogP contribution is -2.47. The number of hydrogen-bond donors (Lipinski definition) is 3. The average molecular weight is 473 g/mol. The minimum absolute atomic E-state index is 0.115. The number of aromatic amines is 1. The molecule has 0 spiro atoms. The zero-order chi connectivity index (χ0) is 23.0. The molecular weight excluding hydrogens is 440 g/mol. The molecular formula is C22H32N8O2S. The number of anilines is 2. The first kappa shape index (κ1) is 23.4. The first-order valence-electron chi connectivity index (χ1n) is 11.4. The maximum absolute atomic E-state index is 12.7. The molecule has 2 aromatic heterocycles. The predicted molar refractivity (Wildman–Crippen MR) is 132 cm³/mol. The summed E-state index contributed by atoms with van der Waals surface area (Å²) in [6.07, 6.45) is 1.65. The normalized spacial score (nSPS) is 19.0. The van der Waals surface area contributed by atoms with Crippen molar-refractivity contribution < 1.29 is 9.53 Å². The van der Waals surface area contributed by atoms with Gasteiger partial charge in [0.25, 0.3) is 0 Å². The number of aromatic nitrogens is 2. The molecule has 33 heavy (non-hydrogen) atoms. The molecule has 4 heterocycles. The summed E-state index contributed by atoms with van der Waals surface area (Å²) in [5.74, 6) is 2.18. The maximum Gasteiger partial charge on any atom is 0.236 e. The van der Waals surface area contributed by atoms with Crippen molar-refractivity contribution in [3.63, 3.8) is 0 Å². The fraction of sp³-hybridized carbons (Fsp3) is 0.545. The molecule has 2 saturated heterocycles. The summed E-state index contributed by atoms with van der Waals surface area (Å²) in [7, 11) is 0. The smallest absolute Gasteiger partial charge is 0.236 e. The number of ether oxygens (including phenoxy) is 1. The molecule has 2 aliphatic rings. The van der Waals surface area contributed by atoms with Crippen molar-refractivity contribution in [2.75, 3.05) is 56.6 Å². The van der Waals surface area contributed by atoms with E-state index in [9.17, 15) is 4.79 Å². The van der Waals surface area contributed by atoms with Gasteiger partial charge in [0.1, 0.15) is 5.84 Å². The Bertz CT molecular complexity index is 957. The SMILES string of the molecule is CC(=NC(=NC1CCN(C(=O)CN2CCOCC2)CC1)Nc1cccs1)Nc1cc(C)[nH]n1. The number of H-pyrrole nitrogens is 1. The summed E-state index contributed by atoms with van der Waals surface area (Å²) in [4.78, 5) is 26.4. The van der Waals surface area contributed by atoms with Crippen LogP contribution in [-0.4, -0.2) is 89.7 Å². The maximum atomic E-state index is 12.7. The minimum atomic E-state index is 0.115. The van der Waals surface area contributed by atoms with Crippen LogP contribution < -0.4 is 10.6 Å². The van der Waals surface area contributed by atoms with Crippen LogP contribution in [0.1, 0.15) is 25.5 Å². The lowest BCUT2D eigenvalue weighted by molar-refractivity contribution is -0.134. The Morgan fingerprint density at radius 2 is 2.06 bits per heavy atom. The monoisotopic (exact) mass is 472 g/mol. The fourth-order valence-electron chi connectivity index (χ4n) is 3.87. The van der Waals surface area contributed by atoms with Crippen LogP contribution in [0.4, 0.5) is 10.8 Å². The highest BCUT2D eigenvalue weighted by Gasteiger charge is 2.25. The van der Waals surface area contributed by atoms with Crippen LogP contribution in [0.15, 0.2) is 33.6 Å². The molecule has 0 saturated carbocycles. The lowest BCUT2D eigenvalue weighted by atomic mass is 10.1. The van der Waals surface area contributed by atoms with E-state index in [1.165, 1.54) is 0 Å². The highest BCUT2D eigenvalue weighted by Crippen LogP contribution is 2.18. The molecule has 2 fully saturated rings. The molecule has 1 amide bonds. The van der Waals surface area contributed by atoms with Gasteiger partial charge in [-0.15, -0.1) is 11.3 Å². The molecule has 178 valence electrons. The summed E-state index contributed by atoms with van der Waals surface area (Å²) in [6.45, 7) is 8.83. The van der Waals surface area contributed by atoms with Crippen LogP contribution in [0, 0.1) is 6.92 Å². The Labute approximate surface area is 198 Å². The molecule has 0 aromatic carbocycles. The van der Waals surface area contributed by atoms with Gasteiger partial charge in [0.15, 0.2) is 5.82 Å². The Morgan fingerprint density at radius 3 is 2.73 bits per heavy atom. The van der Waals surface area contributed by atoms with Crippen molar-refractivity contribution in [3.05, 3.63) is 29.3 Å². The number of amidine groups is 1. The summed E-state index contributed by atoms with van der Waals surface area (Å²) < 4.78 is 5.37. The quantitative estimate of drug-likeness (QED) is 0.455. The van der Waals surface area contributed by atoms with E-state index in [1.807, 2.05) is 42.3 Å². The number of guanidine groups is 1. The summed E-state index contributed by atoms with van der Waals surface area (Å²) in [5.41, 5.74) is 0.978. The van der Waals surface area contributed by atoms with Gasteiger partial charge in [-0.05, 0) is 44.2 Å². The number of nitrogens with zero attached hydrogens (tertiary/aromatic N) is 5. The number of nitrogens with one attached hydrogen (secondary N) is 3. The number of aryl methyl sites for hydroxylation is 1. The van der Waals surface area contributed by atoms with Gasteiger partial charge in [0, 0.05) is 37.9 Å². The van der Waals surface area contributed by atoms with Gasteiger partial charge < -0.3 is 20.3 Å². The topological polar surface area (TPSA) is 110 Å². The minimum Gasteiger partial charge on any atom is -0.379 e. The molecule has 2 aromatic rings. The molecule has 2 aliphatic heterocycles. The molecule has 0 atom stereocenters. The van der Waals surface area contributed by atoms with Crippen molar-refractivity contribution in [2.24, 2.45) is 9.98 Å². The standard InChI is InChI=1S/C22H32N8O2S/c1-16-14-19(28-27-16)23-17(2)24-22(26-20-4-3-13-33-20)25-18-5-7-30(8-6-18)21(31)15-29-9-11-32-12-10-29/h3-4,13-14,18H,5-12,15H2,1-2H3,(H3,23,24,25,26,27,28). The molecule has 0 radical (unpaired) electrons. The largest absolute Gasteiger partial charge is 0.379 e. The van der Waals surface area contributed by atoms with Crippen LogP contribution in [-0.2, 0) is 9.53 Å². The zero-order valence-electron chi connectivity index (χ0n) is 19.2. The highest BCUT2D eigenvalue weighted by molar-refractivity contribution is 7.14. The number of carbonyl (C=O) groups excluding carboxylic acids is 1. The van der Waals surface area contributed by atoms with Crippen molar-refractivity contribution in [1.82, 2.24) is 20.0 Å². The summed E-state index contributed by atoms with van der Waals surface area (Å²) >= 11 is 1.60. The van der Waals surface area contributed by atoms with E-state index in [4.69, 9.17) is 9.73 Å². The number of morpholine rings is 1. The molecule has 0 bridgehead atoms. The van der Waals surface area contributed by atoms with Crippen molar-refractivity contribution in [2.45, 2.75) is 32.7 Å². The second kappa shape index (κ2) is 11.4. The molecule has 10 nitrogen and oxygen atoms in total. The Hall–Kier alpha value is -2.76. The van der Waals surface area contributed by atoms with E-state index in [1.54, 1.807) is 11.3 Å². The number of thiophene rings is 1. The van der Waals surface area contributed by atoms with Crippen molar-refractivity contribution >= 4 is 39.9 Å². The lowest BCUT2D eigenvalue weighted by Gasteiger charge is -2.33. The number of carbonyl (C=O) groups is 1. The van der Waals surface area contributed by atoms with E-state index in [2.05, 4.69) is 30.7 Å². The number of rotatable bonds is 5. The number of hydrogen-bond acceptors (Lipinski definition) is 6. The molecule has 11 heteroatoms. The Morgan fingerprint density at radius 1 is 1.27 bits per heavy atom. The first-order chi connectivity index (χ1) is 16.0. The number of piperidine rings is 1. The van der Waals surface area contributed by atoms with E-state index < -0.39 is 0 Å². The van der Waals surface area contributed by atoms with Crippen molar-refractivity contribution in [1.29, 1.82) is 0 Å². The summed E-state index contributed by atoms with van der Waals surface area (Å²) in [6, 6.07) is 6.03. The third kappa shape index (κ3) is 7.11. The van der Waals surface area contributed by atoms with Gasteiger partial charge in [0.05, 0.1) is 30.8 Å². The molecule has 0 unspecified atom stereocenters. The van der Waals surface area contributed by atoms with Gasteiger partial charge >= 0.3 is 0 Å². The van der Waals surface area contributed by atoms with Crippen LogP contribution in [0.25, 0.3) is 0 Å². The average Bonchev–Trinajstić information content (AvgIpc) is 3.46. The third-order valence-electron chi connectivity index (χ3n) is 5.63. The highest BCUT2D eigenvalue weighted by atomic mass is 32.1.